The van der Waals surface area contributed by atoms with E-state index in [1.54, 1.807) is 38.3 Å². The SMILES string of the molecule is CC(C)(C)OC(=O)CNC(=O)/C=C/c1cc(Cl)c(SCC(=O)N[C@@H]2C(=O)N3C(C(=O)OC(c4ccccc4)c4ccccc4)C(CCl)=CS[C@H]23)cc1Cl. The van der Waals surface area contributed by atoms with Gasteiger partial charge < -0.3 is 25.0 Å². The van der Waals surface area contributed by atoms with Crippen molar-refractivity contribution in [2.24, 2.45) is 0 Å². The Bertz CT molecular complexity index is 1880. The fourth-order valence-electron chi connectivity index (χ4n) is 5.47. The molecule has 0 saturated carbocycles. The van der Waals surface area contributed by atoms with Crippen LogP contribution in [0.2, 0.25) is 10.0 Å². The predicted octanol–water partition coefficient (Wildman–Crippen LogP) is 6.78. The van der Waals surface area contributed by atoms with Gasteiger partial charge in [0.05, 0.1) is 10.8 Å². The molecule has 278 valence electrons. The number of rotatable bonds is 13. The second-order valence-electron chi connectivity index (χ2n) is 12.9. The van der Waals surface area contributed by atoms with Crippen LogP contribution < -0.4 is 10.6 Å². The number of esters is 2. The van der Waals surface area contributed by atoms with Crippen LogP contribution in [0, 0.1) is 0 Å². The van der Waals surface area contributed by atoms with Gasteiger partial charge >= 0.3 is 11.9 Å². The van der Waals surface area contributed by atoms with Crippen LogP contribution in [0.3, 0.4) is 0 Å². The normalized spacial score (nSPS) is 18.2. The lowest BCUT2D eigenvalue weighted by molar-refractivity contribution is -0.165. The topological polar surface area (TPSA) is 131 Å². The number of ether oxygens (including phenoxy) is 2. The summed E-state index contributed by atoms with van der Waals surface area (Å²) in [5.74, 6) is -2.65. The first-order chi connectivity index (χ1) is 25.3. The van der Waals surface area contributed by atoms with Crippen molar-refractivity contribution in [3.8, 4) is 0 Å². The van der Waals surface area contributed by atoms with Crippen molar-refractivity contribution in [2.45, 2.75) is 54.8 Å². The molecule has 0 aliphatic carbocycles. The summed E-state index contributed by atoms with van der Waals surface area (Å²) in [7, 11) is 0. The van der Waals surface area contributed by atoms with Gasteiger partial charge in [-0.25, -0.2) is 4.79 Å². The third kappa shape index (κ3) is 10.4. The lowest BCUT2D eigenvalue weighted by Gasteiger charge is -2.51. The first-order valence-corrected chi connectivity index (χ1v) is 19.6. The number of nitrogens with zero attached hydrogens (tertiary/aromatic N) is 1. The van der Waals surface area contributed by atoms with Crippen LogP contribution >= 0.6 is 58.3 Å². The number of nitrogens with one attached hydrogen (secondary N) is 2. The van der Waals surface area contributed by atoms with Crippen molar-refractivity contribution < 1.29 is 33.4 Å². The maximum absolute atomic E-state index is 13.8. The molecule has 3 amide bonds. The number of fused-ring (bicyclic) bond motifs is 1. The minimum absolute atomic E-state index is 0.0114. The van der Waals surface area contributed by atoms with E-state index in [-0.39, 0.29) is 23.2 Å². The molecule has 10 nitrogen and oxygen atoms in total. The minimum atomic E-state index is -1.05. The summed E-state index contributed by atoms with van der Waals surface area (Å²) in [6.45, 7) is 4.89. The van der Waals surface area contributed by atoms with Gasteiger partial charge in [0.2, 0.25) is 17.7 Å². The number of carbonyl (C=O) groups is 5. The van der Waals surface area contributed by atoms with Gasteiger partial charge in [0.1, 0.15) is 23.6 Å². The number of alkyl halides is 1. The molecule has 1 unspecified atom stereocenters. The Kier molecular flexibility index (Phi) is 13.6. The van der Waals surface area contributed by atoms with Crippen molar-refractivity contribution in [1.82, 2.24) is 15.5 Å². The monoisotopic (exact) mass is 815 g/mol. The van der Waals surface area contributed by atoms with Gasteiger partial charge in [-0.3, -0.25) is 19.2 Å². The highest BCUT2D eigenvalue weighted by atomic mass is 35.5. The van der Waals surface area contributed by atoms with Crippen molar-refractivity contribution in [3.05, 3.63) is 117 Å². The van der Waals surface area contributed by atoms with E-state index in [0.717, 1.165) is 22.9 Å². The molecule has 5 rings (SSSR count). The molecular formula is C38H36Cl3N3O7S2. The summed E-state index contributed by atoms with van der Waals surface area (Å²) >= 11 is 21.6. The maximum Gasteiger partial charge on any atom is 0.334 e. The highest BCUT2D eigenvalue weighted by Crippen LogP contribution is 2.42. The molecule has 0 bridgehead atoms. The molecule has 3 atom stereocenters. The van der Waals surface area contributed by atoms with E-state index >= 15 is 0 Å². The van der Waals surface area contributed by atoms with Crippen LogP contribution in [-0.4, -0.2) is 75.8 Å². The lowest BCUT2D eigenvalue weighted by atomic mass is 9.98. The molecular weight excluding hydrogens is 781 g/mol. The maximum atomic E-state index is 13.8. The van der Waals surface area contributed by atoms with Crippen LogP contribution in [0.4, 0.5) is 0 Å². The molecule has 2 heterocycles. The number of hydrogen-bond donors (Lipinski definition) is 2. The quantitative estimate of drug-likeness (QED) is 0.0631. The zero-order chi connectivity index (χ0) is 38.3. The molecule has 0 radical (unpaired) electrons. The van der Waals surface area contributed by atoms with E-state index in [0.29, 0.717) is 21.1 Å². The van der Waals surface area contributed by atoms with Crippen LogP contribution in [0.15, 0.2) is 94.7 Å². The number of amides is 3. The number of benzene rings is 3. The summed E-state index contributed by atoms with van der Waals surface area (Å²) in [4.78, 5) is 66.3. The molecule has 1 fully saturated rings. The molecule has 1 saturated heterocycles. The Hall–Kier alpha value is -3.94. The largest absolute Gasteiger partial charge is 0.459 e. The first kappa shape index (κ1) is 40.2. The van der Waals surface area contributed by atoms with Crippen molar-refractivity contribution in [3.63, 3.8) is 0 Å². The fourth-order valence-corrected chi connectivity index (χ4v) is 8.41. The Balaban J connectivity index is 1.17. The molecule has 3 aromatic carbocycles. The molecule has 2 N–H and O–H groups in total. The number of carbonyl (C=O) groups excluding carboxylic acids is 5. The van der Waals surface area contributed by atoms with Crippen LogP contribution in [0.1, 0.15) is 43.6 Å². The molecule has 0 aromatic heterocycles. The van der Waals surface area contributed by atoms with Crippen LogP contribution in [-0.2, 0) is 33.4 Å². The summed E-state index contributed by atoms with van der Waals surface area (Å²) in [5.41, 5.74) is 1.85. The number of halogens is 3. The fraction of sp³-hybridized carbons (Fsp3) is 0.289. The molecule has 2 aliphatic heterocycles. The average Bonchev–Trinajstić information content (AvgIpc) is 3.13. The van der Waals surface area contributed by atoms with Gasteiger partial charge in [-0.05, 0) is 66.7 Å². The molecule has 15 heteroatoms. The van der Waals surface area contributed by atoms with Crippen LogP contribution in [0.5, 0.6) is 0 Å². The smallest absolute Gasteiger partial charge is 0.334 e. The Morgan fingerprint density at radius 2 is 1.62 bits per heavy atom. The number of thioether (sulfide) groups is 2. The first-order valence-electron chi connectivity index (χ1n) is 16.4. The van der Waals surface area contributed by atoms with Gasteiger partial charge in [0, 0.05) is 21.9 Å². The van der Waals surface area contributed by atoms with E-state index in [4.69, 9.17) is 44.3 Å². The van der Waals surface area contributed by atoms with E-state index in [1.165, 1.54) is 28.8 Å². The summed E-state index contributed by atoms with van der Waals surface area (Å²) < 4.78 is 11.3. The van der Waals surface area contributed by atoms with Gasteiger partial charge in [-0.2, -0.15) is 0 Å². The van der Waals surface area contributed by atoms with Crippen LogP contribution in [0.25, 0.3) is 6.08 Å². The van der Waals surface area contributed by atoms with Crippen molar-refractivity contribution >= 4 is 94.1 Å². The highest BCUT2D eigenvalue weighted by molar-refractivity contribution is 8.03. The zero-order valence-corrected chi connectivity index (χ0v) is 32.7. The van der Waals surface area contributed by atoms with E-state index in [9.17, 15) is 24.0 Å². The van der Waals surface area contributed by atoms with Gasteiger partial charge in [0.25, 0.3) is 0 Å². The van der Waals surface area contributed by atoms with Gasteiger partial charge in [-0.1, -0.05) is 83.9 Å². The molecule has 2 aliphatic rings. The summed E-state index contributed by atoms with van der Waals surface area (Å²) in [5, 5.41) is 7.00. The van der Waals surface area contributed by atoms with E-state index in [2.05, 4.69) is 10.6 Å². The molecule has 53 heavy (non-hydrogen) atoms. The Morgan fingerprint density at radius 3 is 2.23 bits per heavy atom. The molecule has 3 aromatic rings. The number of hydrogen-bond acceptors (Lipinski definition) is 9. The third-order valence-corrected chi connectivity index (χ3v) is 11.2. The average molecular weight is 817 g/mol. The lowest BCUT2D eigenvalue weighted by Crippen LogP contribution is -2.74. The van der Waals surface area contributed by atoms with Crippen molar-refractivity contribution in [1.29, 1.82) is 0 Å². The Morgan fingerprint density at radius 1 is 0.981 bits per heavy atom. The summed E-state index contributed by atoms with van der Waals surface area (Å²) in [6, 6.07) is 19.9. The van der Waals surface area contributed by atoms with E-state index < -0.39 is 58.8 Å². The highest BCUT2D eigenvalue weighted by Gasteiger charge is 2.56. The minimum Gasteiger partial charge on any atom is -0.459 e. The zero-order valence-electron chi connectivity index (χ0n) is 28.8. The van der Waals surface area contributed by atoms with Gasteiger partial charge in [-0.15, -0.1) is 35.1 Å². The van der Waals surface area contributed by atoms with Gasteiger partial charge in [0.15, 0.2) is 12.1 Å². The second kappa shape index (κ2) is 17.9. The Labute approximate surface area is 331 Å². The second-order valence-corrected chi connectivity index (χ2v) is 16.0. The summed E-state index contributed by atoms with van der Waals surface area (Å²) in [6.07, 6.45) is 1.95. The predicted molar refractivity (Wildman–Crippen MR) is 209 cm³/mol. The third-order valence-electron chi connectivity index (χ3n) is 7.85. The standard InChI is InChI=1S/C38H36Cl3N3O7S2/c1-38(2,3)51-31(47)19-42-29(45)15-14-24-16-27(41)28(17-26(24)40)52-21-30(46)43-32-35(48)44-33(25(18-39)20-53-36(32)44)37(49)50-34(22-10-6-4-7-11-22)23-12-8-5-9-13-23/h4-17,20,32-34,36H,18-19,21H2,1-3H3,(H,42,45)(H,43,46)/b15-14+/t32-,33?,36-/m1/s1. The molecule has 0 spiro atoms. The van der Waals surface area contributed by atoms with Crippen molar-refractivity contribution in [2.75, 3.05) is 18.2 Å². The van der Waals surface area contributed by atoms with E-state index in [1.807, 2.05) is 60.7 Å². The number of β-lactam (4-membered cyclic amide) rings is 1.